The van der Waals surface area contributed by atoms with Gasteiger partial charge < -0.3 is 14.9 Å². The quantitative estimate of drug-likeness (QED) is 0.492. The molecule has 13 heteroatoms. The Labute approximate surface area is 230 Å². The molecule has 0 saturated carbocycles. The van der Waals surface area contributed by atoms with Crippen LogP contribution in [0.2, 0.25) is 4.34 Å². The first kappa shape index (κ1) is 27.0. The van der Waals surface area contributed by atoms with Crippen LogP contribution in [-0.2, 0) is 19.6 Å². The van der Waals surface area contributed by atoms with E-state index in [4.69, 9.17) is 11.6 Å². The lowest BCUT2D eigenvalue weighted by Gasteiger charge is -2.34. The molecule has 5 heterocycles. The van der Waals surface area contributed by atoms with E-state index in [0.29, 0.717) is 36.8 Å². The third-order valence-electron chi connectivity index (χ3n) is 7.23. The SMILES string of the molecule is O=C1C(NS(=O)(=O)c2ccc(-c3ccc(Cl)s3)s2)CCCN1CC(=O)N1CCCC1CN1CCC(O)C1. The molecule has 3 saturated heterocycles. The van der Waals surface area contributed by atoms with E-state index in [9.17, 15) is 23.1 Å². The lowest BCUT2D eigenvalue weighted by molar-refractivity contribution is -0.143. The molecule has 202 valence electrons. The van der Waals surface area contributed by atoms with Crippen LogP contribution in [-0.4, -0.2) is 97.5 Å². The predicted octanol–water partition coefficient (Wildman–Crippen LogP) is 2.46. The van der Waals surface area contributed by atoms with Crippen molar-refractivity contribution in [3.63, 3.8) is 0 Å². The van der Waals surface area contributed by atoms with Gasteiger partial charge >= 0.3 is 0 Å². The maximum Gasteiger partial charge on any atom is 0.250 e. The number of amides is 2. The lowest BCUT2D eigenvalue weighted by atomic mass is 10.1. The zero-order chi connectivity index (χ0) is 26.2. The highest BCUT2D eigenvalue weighted by Gasteiger charge is 2.37. The normalized spacial score (nSPS) is 25.4. The molecule has 3 atom stereocenters. The van der Waals surface area contributed by atoms with Crippen molar-refractivity contribution in [1.29, 1.82) is 0 Å². The van der Waals surface area contributed by atoms with Crippen molar-refractivity contribution in [2.24, 2.45) is 0 Å². The summed E-state index contributed by atoms with van der Waals surface area (Å²) in [6.07, 6.45) is 3.30. The smallest absolute Gasteiger partial charge is 0.250 e. The molecule has 3 fully saturated rings. The molecular formula is C24H31ClN4O5S3. The van der Waals surface area contributed by atoms with Crippen LogP contribution >= 0.6 is 34.3 Å². The third-order valence-corrected chi connectivity index (χ3v) is 11.7. The number of sulfonamides is 1. The monoisotopic (exact) mass is 586 g/mol. The molecule has 0 spiro atoms. The number of nitrogens with zero attached hydrogens (tertiary/aromatic N) is 3. The van der Waals surface area contributed by atoms with Gasteiger partial charge in [0.15, 0.2) is 0 Å². The highest BCUT2D eigenvalue weighted by atomic mass is 35.5. The van der Waals surface area contributed by atoms with Crippen LogP contribution in [0.4, 0.5) is 0 Å². The van der Waals surface area contributed by atoms with E-state index in [1.165, 1.54) is 22.3 Å². The number of hydrogen-bond donors (Lipinski definition) is 2. The molecule has 0 aliphatic carbocycles. The number of aliphatic hydroxyl groups is 1. The number of halogens is 1. The number of aliphatic hydroxyl groups excluding tert-OH is 1. The zero-order valence-corrected chi connectivity index (χ0v) is 23.5. The topological polar surface area (TPSA) is 110 Å². The number of piperidine rings is 1. The van der Waals surface area contributed by atoms with Gasteiger partial charge in [0, 0.05) is 48.5 Å². The molecule has 9 nitrogen and oxygen atoms in total. The maximum absolute atomic E-state index is 13.2. The van der Waals surface area contributed by atoms with Gasteiger partial charge in [0.05, 0.1) is 17.0 Å². The average molecular weight is 587 g/mol. The van der Waals surface area contributed by atoms with Gasteiger partial charge in [-0.1, -0.05) is 11.6 Å². The minimum absolute atomic E-state index is 0.0432. The molecule has 37 heavy (non-hydrogen) atoms. The zero-order valence-electron chi connectivity index (χ0n) is 20.3. The van der Waals surface area contributed by atoms with Crippen molar-refractivity contribution >= 4 is 56.1 Å². The average Bonchev–Trinajstić information content (AvgIpc) is 3.64. The van der Waals surface area contributed by atoms with Gasteiger partial charge in [-0.15, -0.1) is 22.7 Å². The van der Waals surface area contributed by atoms with E-state index in [1.807, 2.05) is 11.0 Å². The van der Waals surface area contributed by atoms with Crippen LogP contribution in [0.25, 0.3) is 9.75 Å². The second-order valence-corrected chi connectivity index (χ2v) is 14.6. The second-order valence-electron chi connectivity index (χ2n) is 9.88. The first-order chi connectivity index (χ1) is 17.7. The Bertz CT molecular complexity index is 1250. The Morgan fingerprint density at radius 2 is 1.81 bits per heavy atom. The van der Waals surface area contributed by atoms with Crippen LogP contribution in [0, 0.1) is 0 Å². The molecular weight excluding hydrogens is 556 g/mol. The van der Waals surface area contributed by atoms with Crippen LogP contribution in [0.3, 0.4) is 0 Å². The fraction of sp³-hybridized carbons (Fsp3) is 0.583. The standard InChI is InChI=1S/C24H31ClN4O5S3/c25-21-7-5-19(35-21)20-6-8-23(36-20)37(33,34)26-18-4-2-10-28(24(18)32)15-22(31)29-11-1-3-16(29)13-27-12-9-17(30)14-27/h5-8,16-18,26,30H,1-4,9-15H2. The first-order valence-electron chi connectivity index (χ1n) is 12.6. The van der Waals surface area contributed by atoms with E-state index in [2.05, 4.69) is 9.62 Å². The molecule has 0 bridgehead atoms. The molecule has 2 aromatic rings. The van der Waals surface area contributed by atoms with Crippen LogP contribution in [0.1, 0.15) is 32.1 Å². The lowest BCUT2D eigenvalue weighted by Crippen LogP contribution is -2.55. The summed E-state index contributed by atoms with van der Waals surface area (Å²) in [5.41, 5.74) is 0. The highest BCUT2D eigenvalue weighted by molar-refractivity contribution is 7.91. The summed E-state index contributed by atoms with van der Waals surface area (Å²) in [5, 5.41) is 9.81. The molecule has 3 aliphatic rings. The van der Waals surface area contributed by atoms with Gasteiger partial charge in [0.1, 0.15) is 10.3 Å². The molecule has 3 unspecified atom stereocenters. The third kappa shape index (κ3) is 6.21. The first-order valence-corrected chi connectivity index (χ1v) is 16.1. The van der Waals surface area contributed by atoms with E-state index in [1.54, 1.807) is 12.1 Å². The van der Waals surface area contributed by atoms with Gasteiger partial charge in [-0.3, -0.25) is 14.5 Å². The molecule has 2 aromatic heterocycles. The van der Waals surface area contributed by atoms with E-state index < -0.39 is 16.1 Å². The Morgan fingerprint density at radius 1 is 1.05 bits per heavy atom. The van der Waals surface area contributed by atoms with Crippen molar-refractivity contribution in [3.8, 4) is 9.75 Å². The Hall–Kier alpha value is -1.54. The van der Waals surface area contributed by atoms with Crippen molar-refractivity contribution < 1.29 is 23.1 Å². The van der Waals surface area contributed by atoms with Gasteiger partial charge in [0.25, 0.3) is 10.0 Å². The number of hydrogen-bond acceptors (Lipinski definition) is 8. The summed E-state index contributed by atoms with van der Waals surface area (Å²) in [7, 11) is -3.90. The number of thiophene rings is 2. The minimum Gasteiger partial charge on any atom is -0.392 e. The number of carbonyl (C=O) groups excluding carboxylic acids is 2. The summed E-state index contributed by atoms with van der Waals surface area (Å²) in [4.78, 5) is 33.6. The van der Waals surface area contributed by atoms with Crippen LogP contribution in [0.5, 0.6) is 0 Å². The maximum atomic E-state index is 13.2. The summed E-state index contributed by atoms with van der Waals surface area (Å²) in [6, 6.07) is 6.08. The van der Waals surface area contributed by atoms with Gasteiger partial charge in [0.2, 0.25) is 11.8 Å². The molecule has 0 aromatic carbocycles. The predicted molar refractivity (Wildman–Crippen MR) is 144 cm³/mol. The van der Waals surface area contributed by atoms with Gasteiger partial charge in [-0.05, 0) is 56.4 Å². The number of β-amino-alcohol motifs (C(OH)–C–C–N with tert-alkyl or cyclic N) is 1. The van der Waals surface area contributed by atoms with E-state index in [-0.39, 0.29) is 34.7 Å². The van der Waals surface area contributed by atoms with Crippen molar-refractivity contribution in [1.82, 2.24) is 19.4 Å². The molecule has 3 aliphatic heterocycles. The van der Waals surface area contributed by atoms with Crippen LogP contribution < -0.4 is 4.72 Å². The second kappa shape index (κ2) is 11.3. The summed E-state index contributed by atoms with van der Waals surface area (Å²) < 4.78 is 29.5. The molecule has 5 rings (SSSR count). The molecule has 2 N–H and O–H groups in total. The fourth-order valence-electron chi connectivity index (χ4n) is 5.38. The van der Waals surface area contributed by atoms with Gasteiger partial charge in [-0.2, -0.15) is 4.72 Å². The van der Waals surface area contributed by atoms with E-state index in [0.717, 1.165) is 53.4 Å². The highest BCUT2D eigenvalue weighted by Crippen LogP contribution is 2.37. The molecule has 2 amide bonds. The summed E-state index contributed by atoms with van der Waals surface area (Å²) >= 11 is 8.52. The van der Waals surface area contributed by atoms with Crippen LogP contribution in [0.15, 0.2) is 28.5 Å². The Kier molecular flexibility index (Phi) is 8.25. The summed E-state index contributed by atoms with van der Waals surface area (Å²) in [5.74, 6) is -0.458. The largest absolute Gasteiger partial charge is 0.392 e. The number of rotatable bonds is 8. The van der Waals surface area contributed by atoms with Crippen molar-refractivity contribution in [2.45, 2.75) is 54.5 Å². The van der Waals surface area contributed by atoms with Crippen molar-refractivity contribution in [2.75, 3.05) is 39.3 Å². The van der Waals surface area contributed by atoms with E-state index >= 15 is 0 Å². The number of carbonyl (C=O) groups is 2. The number of likely N-dealkylation sites (tertiary alicyclic amines) is 3. The summed E-state index contributed by atoms with van der Waals surface area (Å²) in [6.45, 7) is 3.25. The minimum atomic E-state index is -3.90. The fourth-order valence-corrected chi connectivity index (χ4v) is 9.06. The van der Waals surface area contributed by atoms with Crippen molar-refractivity contribution in [3.05, 3.63) is 28.6 Å². The Morgan fingerprint density at radius 3 is 2.54 bits per heavy atom. The Balaban J connectivity index is 1.19. The van der Waals surface area contributed by atoms with Gasteiger partial charge in [-0.25, -0.2) is 8.42 Å². The molecule has 0 radical (unpaired) electrons. The number of nitrogens with one attached hydrogen (secondary N) is 1.